The first-order valence-corrected chi connectivity index (χ1v) is 4.24. The van der Waals surface area contributed by atoms with Crippen LogP contribution in [0.15, 0.2) is 12.2 Å². The van der Waals surface area contributed by atoms with Crippen LogP contribution in [0.25, 0.3) is 0 Å². The summed E-state index contributed by atoms with van der Waals surface area (Å²) in [5, 5.41) is 3.16. The average Bonchev–Trinajstić information content (AvgIpc) is 2.46. The Balaban J connectivity index is 0.000000371. The number of nitrogens with one attached hydrogen (secondary N) is 1. The number of allylic oxidation sites excluding steroid dienone is 1. The molecule has 10 heavy (non-hydrogen) atoms. The van der Waals surface area contributed by atoms with E-state index >= 15 is 0 Å². The Morgan fingerprint density at radius 1 is 1.50 bits per heavy atom. The maximum Gasteiger partial charge on any atom is 0.00113 e. The lowest BCUT2D eigenvalue weighted by Crippen LogP contribution is -2.14. The molecule has 0 radical (unpaired) electrons. The van der Waals surface area contributed by atoms with Crippen molar-refractivity contribution in [3.63, 3.8) is 0 Å². The van der Waals surface area contributed by atoms with Crippen molar-refractivity contribution < 1.29 is 0 Å². The fourth-order valence-corrected chi connectivity index (χ4v) is 1.13. The van der Waals surface area contributed by atoms with E-state index in [1.807, 2.05) is 20.9 Å². The Kier molecular flexibility index (Phi) is 6.61. The molecule has 0 bridgehead atoms. The number of hydrogen-bond donors (Lipinski definition) is 1. The Morgan fingerprint density at radius 3 is 2.60 bits per heavy atom. The molecular weight excluding hydrogens is 122 g/mol. The van der Waals surface area contributed by atoms with Crippen molar-refractivity contribution in [2.24, 2.45) is 5.92 Å². The molecule has 0 aromatic rings. The smallest absolute Gasteiger partial charge is 0.00113 e. The molecule has 0 aromatic heterocycles. The van der Waals surface area contributed by atoms with Crippen LogP contribution in [0.5, 0.6) is 0 Å². The van der Waals surface area contributed by atoms with Gasteiger partial charge in [-0.05, 0) is 25.8 Å². The summed E-state index contributed by atoms with van der Waals surface area (Å²) in [5.74, 6) is 0.819. The maximum atomic E-state index is 3.16. The molecule has 1 nitrogen and oxygen atoms in total. The highest BCUT2D eigenvalue weighted by Gasteiger charge is 2.05. The molecule has 0 aromatic carbocycles. The van der Waals surface area contributed by atoms with E-state index in [0.717, 1.165) is 12.5 Å². The van der Waals surface area contributed by atoms with Gasteiger partial charge in [-0.25, -0.2) is 0 Å². The Morgan fingerprint density at radius 2 is 2.20 bits per heavy atom. The van der Waals surface area contributed by atoms with Gasteiger partial charge in [-0.3, -0.25) is 0 Å². The van der Waals surface area contributed by atoms with Crippen molar-refractivity contribution in [1.82, 2.24) is 5.32 Å². The zero-order valence-corrected chi connectivity index (χ0v) is 7.35. The molecular formula is C9H19N. The van der Waals surface area contributed by atoms with E-state index in [1.54, 1.807) is 0 Å². The van der Waals surface area contributed by atoms with Crippen LogP contribution >= 0.6 is 0 Å². The fraction of sp³-hybridized carbons (Fsp3) is 0.778. The molecule has 0 spiro atoms. The molecule has 0 saturated heterocycles. The van der Waals surface area contributed by atoms with Crippen LogP contribution in [0.4, 0.5) is 0 Å². The first-order valence-electron chi connectivity index (χ1n) is 4.24. The highest BCUT2D eigenvalue weighted by atomic mass is 14.8. The number of rotatable bonds is 2. The Labute approximate surface area is 64.5 Å². The predicted molar refractivity (Wildman–Crippen MR) is 47.1 cm³/mol. The van der Waals surface area contributed by atoms with E-state index in [4.69, 9.17) is 0 Å². The lowest BCUT2D eigenvalue weighted by molar-refractivity contribution is 0.586. The molecule has 1 N–H and O–H groups in total. The van der Waals surface area contributed by atoms with Crippen LogP contribution < -0.4 is 5.32 Å². The lowest BCUT2D eigenvalue weighted by atomic mass is 10.1. The van der Waals surface area contributed by atoms with Gasteiger partial charge in [0.2, 0.25) is 0 Å². The largest absolute Gasteiger partial charge is 0.319 e. The molecule has 0 saturated carbocycles. The SMILES string of the molecule is CC.CNCC1C=CCC1. The monoisotopic (exact) mass is 141 g/mol. The van der Waals surface area contributed by atoms with Gasteiger partial charge in [0.05, 0.1) is 0 Å². The van der Waals surface area contributed by atoms with Crippen LogP contribution in [0.3, 0.4) is 0 Å². The van der Waals surface area contributed by atoms with E-state index in [9.17, 15) is 0 Å². The average molecular weight is 141 g/mol. The van der Waals surface area contributed by atoms with Crippen LogP contribution in [0.1, 0.15) is 26.7 Å². The quantitative estimate of drug-likeness (QED) is 0.581. The normalized spacial score (nSPS) is 22.1. The summed E-state index contributed by atoms with van der Waals surface area (Å²) in [5.41, 5.74) is 0. The van der Waals surface area contributed by atoms with Gasteiger partial charge in [-0.2, -0.15) is 0 Å². The minimum Gasteiger partial charge on any atom is -0.319 e. The van der Waals surface area contributed by atoms with Crippen molar-refractivity contribution in [1.29, 1.82) is 0 Å². The van der Waals surface area contributed by atoms with Crippen LogP contribution in [0.2, 0.25) is 0 Å². The number of hydrogen-bond acceptors (Lipinski definition) is 1. The second kappa shape index (κ2) is 6.81. The van der Waals surface area contributed by atoms with Crippen LogP contribution in [-0.4, -0.2) is 13.6 Å². The second-order valence-electron chi connectivity index (χ2n) is 2.32. The zero-order valence-electron chi connectivity index (χ0n) is 7.35. The van der Waals surface area contributed by atoms with Crippen LogP contribution in [0, 0.1) is 5.92 Å². The Bertz CT molecular complexity index is 86.7. The van der Waals surface area contributed by atoms with Gasteiger partial charge in [0.25, 0.3) is 0 Å². The van der Waals surface area contributed by atoms with E-state index in [1.165, 1.54) is 12.8 Å². The molecule has 0 aliphatic heterocycles. The molecule has 1 aliphatic rings. The third kappa shape index (κ3) is 3.67. The van der Waals surface area contributed by atoms with Crippen molar-refractivity contribution in [3.05, 3.63) is 12.2 Å². The molecule has 0 amide bonds. The van der Waals surface area contributed by atoms with E-state index in [2.05, 4.69) is 17.5 Å². The maximum absolute atomic E-state index is 3.16. The zero-order chi connectivity index (χ0) is 7.82. The minimum absolute atomic E-state index is 0.819. The van der Waals surface area contributed by atoms with E-state index < -0.39 is 0 Å². The van der Waals surface area contributed by atoms with E-state index in [-0.39, 0.29) is 0 Å². The molecule has 1 rings (SSSR count). The summed E-state index contributed by atoms with van der Waals surface area (Å²) in [6.07, 6.45) is 7.20. The molecule has 1 unspecified atom stereocenters. The van der Waals surface area contributed by atoms with Crippen molar-refractivity contribution >= 4 is 0 Å². The van der Waals surface area contributed by atoms with Crippen LogP contribution in [-0.2, 0) is 0 Å². The summed E-state index contributed by atoms with van der Waals surface area (Å²) in [6, 6.07) is 0. The predicted octanol–water partition coefficient (Wildman–Crippen LogP) is 2.20. The summed E-state index contributed by atoms with van der Waals surface area (Å²) >= 11 is 0. The first kappa shape index (κ1) is 9.70. The van der Waals surface area contributed by atoms with Gasteiger partial charge >= 0.3 is 0 Å². The molecule has 0 fully saturated rings. The molecule has 1 aliphatic carbocycles. The lowest BCUT2D eigenvalue weighted by Gasteiger charge is -2.03. The van der Waals surface area contributed by atoms with Gasteiger partial charge < -0.3 is 5.32 Å². The molecule has 1 heteroatoms. The van der Waals surface area contributed by atoms with Gasteiger partial charge in [0, 0.05) is 6.54 Å². The van der Waals surface area contributed by atoms with Gasteiger partial charge in [-0.1, -0.05) is 26.0 Å². The summed E-state index contributed by atoms with van der Waals surface area (Å²) in [4.78, 5) is 0. The topological polar surface area (TPSA) is 12.0 Å². The van der Waals surface area contributed by atoms with Crippen molar-refractivity contribution in [2.45, 2.75) is 26.7 Å². The minimum atomic E-state index is 0.819. The van der Waals surface area contributed by atoms with Gasteiger partial charge in [0.15, 0.2) is 0 Å². The van der Waals surface area contributed by atoms with Crippen molar-refractivity contribution in [3.8, 4) is 0 Å². The molecule has 0 heterocycles. The Hall–Kier alpha value is -0.300. The highest BCUT2D eigenvalue weighted by Crippen LogP contribution is 2.14. The molecule has 1 atom stereocenters. The van der Waals surface area contributed by atoms with Crippen molar-refractivity contribution in [2.75, 3.05) is 13.6 Å². The second-order valence-corrected chi connectivity index (χ2v) is 2.32. The first-order chi connectivity index (χ1) is 4.93. The third-order valence-electron chi connectivity index (χ3n) is 1.58. The standard InChI is InChI=1S/C7H13N.C2H6/c1-8-6-7-4-2-3-5-7;1-2/h2,4,7-8H,3,5-6H2,1H3;1-2H3. The summed E-state index contributed by atoms with van der Waals surface area (Å²) in [6.45, 7) is 5.15. The summed E-state index contributed by atoms with van der Waals surface area (Å²) in [7, 11) is 2.01. The fourth-order valence-electron chi connectivity index (χ4n) is 1.13. The summed E-state index contributed by atoms with van der Waals surface area (Å²) < 4.78 is 0. The third-order valence-corrected chi connectivity index (χ3v) is 1.58. The highest BCUT2D eigenvalue weighted by molar-refractivity contribution is 4.96. The molecule has 60 valence electrons. The van der Waals surface area contributed by atoms with Gasteiger partial charge in [-0.15, -0.1) is 0 Å². The van der Waals surface area contributed by atoms with Gasteiger partial charge in [0.1, 0.15) is 0 Å². The van der Waals surface area contributed by atoms with E-state index in [0.29, 0.717) is 0 Å².